The van der Waals surface area contributed by atoms with Crippen molar-refractivity contribution in [3.05, 3.63) is 0 Å². The first-order valence-corrected chi connectivity index (χ1v) is 4.64. The summed E-state index contributed by atoms with van der Waals surface area (Å²) in [6, 6.07) is 0. The smallest absolute Gasteiger partial charge is 0.129 e. The second-order valence-electron chi connectivity index (χ2n) is 3.28. The van der Waals surface area contributed by atoms with E-state index in [1.165, 1.54) is 0 Å². The predicted molar refractivity (Wildman–Crippen MR) is 49.3 cm³/mol. The zero-order valence-corrected chi connectivity index (χ0v) is 8.49. The van der Waals surface area contributed by atoms with E-state index in [0.29, 0.717) is 0 Å². The van der Waals surface area contributed by atoms with Gasteiger partial charge in [-0.3, -0.25) is 0 Å². The summed E-state index contributed by atoms with van der Waals surface area (Å²) >= 11 is 4.19. The Labute approximate surface area is 78.5 Å². The lowest BCUT2D eigenvalue weighted by Gasteiger charge is -2.40. The van der Waals surface area contributed by atoms with Crippen molar-refractivity contribution in [2.75, 3.05) is 7.11 Å². The van der Waals surface area contributed by atoms with Crippen molar-refractivity contribution in [2.45, 2.75) is 37.6 Å². The molecule has 3 nitrogen and oxygen atoms in total. The zero-order chi connectivity index (χ0) is 9.30. The molecule has 12 heavy (non-hydrogen) atoms. The highest BCUT2D eigenvalue weighted by molar-refractivity contribution is 7.80. The monoisotopic (exact) mass is 192 g/mol. The van der Waals surface area contributed by atoms with Crippen molar-refractivity contribution in [3.63, 3.8) is 0 Å². The molecule has 0 aromatic rings. The summed E-state index contributed by atoms with van der Waals surface area (Å²) in [4.78, 5) is 0. The van der Waals surface area contributed by atoms with Crippen LogP contribution in [0, 0.1) is 5.92 Å². The molecule has 0 saturated carbocycles. The van der Waals surface area contributed by atoms with Crippen LogP contribution >= 0.6 is 12.6 Å². The van der Waals surface area contributed by atoms with Gasteiger partial charge in [0.15, 0.2) is 0 Å². The lowest BCUT2D eigenvalue weighted by atomic mass is 9.92. The van der Waals surface area contributed by atoms with E-state index in [1.807, 2.05) is 13.8 Å². The van der Waals surface area contributed by atoms with Gasteiger partial charge in [0, 0.05) is 13.0 Å². The van der Waals surface area contributed by atoms with Gasteiger partial charge in [-0.05, 0) is 6.92 Å². The molecule has 0 bridgehead atoms. The first-order valence-electron chi connectivity index (χ1n) is 4.12. The Morgan fingerprint density at radius 3 is 2.50 bits per heavy atom. The summed E-state index contributed by atoms with van der Waals surface area (Å²) < 4.78 is 10.5. The lowest BCUT2D eigenvalue weighted by Crippen LogP contribution is -2.51. The highest BCUT2D eigenvalue weighted by Crippen LogP contribution is 2.28. The molecule has 0 aromatic carbocycles. The van der Waals surface area contributed by atoms with Gasteiger partial charge in [0.2, 0.25) is 0 Å². The van der Waals surface area contributed by atoms with Crippen molar-refractivity contribution in [3.8, 4) is 0 Å². The molecule has 0 aromatic heterocycles. The maximum Gasteiger partial charge on any atom is 0.129 e. The SMILES string of the molecule is COC1C(S)OC(C)C(C)C1O. The summed E-state index contributed by atoms with van der Waals surface area (Å²) in [6.45, 7) is 3.88. The Kier molecular flexibility index (Phi) is 3.40. The van der Waals surface area contributed by atoms with Gasteiger partial charge in [-0.25, -0.2) is 0 Å². The fraction of sp³-hybridized carbons (Fsp3) is 1.00. The van der Waals surface area contributed by atoms with E-state index in [2.05, 4.69) is 12.6 Å². The molecule has 1 saturated heterocycles. The third kappa shape index (κ3) is 1.76. The number of rotatable bonds is 1. The Bertz CT molecular complexity index is 153. The maximum absolute atomic E-state index is 9.72. The van der Waals surface area contributed by atoms with Gasteiger partial charge in [0.25, 0.3) is 0 Å². The van der Waals surface area contributed by atoms with E-state index < -0.39 is 6.10 Å². The average molecular weight is 192 g/mol. The minimum Gasteiger partial charge on any atom is -0.390 e. The molecule has 5 atom stereocenters. The first-order chi connectivity index (χ1) is 5.57. The number of hydrogen-bond acceptors (Lipinski definition) is 4. The van der Waals surface area contributed by atoms with Gasteiger partial charge in [-0.15, -0.1) is 12.6 Å². The van der Waals surface area contributed by atoms with E-state index in [0.717, 1.165) is 0 Å². The van der Waals surface area contributed by atoms with Crippen LogP contribution in [0.25, 0.3) is 0 Å². The topological polar surface area (TPSA) is 38.7 Å². The van der Waals surface area contributed by atoms with Crippen molar-refractivity contribution >= 4 is 12.6 Å². The maximum atomic E-state index is 9.72. The van der Waals surface area contributed by atoms with E-state index in [4.69, 9.17) is 9.47 Å². The van der Waals surface area contributed by atoms with Gasteiger partial charge >= 0.3 is 0 Å². The molecule has 0 amide bonds. The second-order valence-corrected chi connectivity index (χ2v) is 3.79. The van der Waals surface area contributed by atoms with Crippen molar-refractivity contribution < 1.29 is 14.6 Å². The number of thiol groups is 1. The number of methoxy groups -OCH3 is 1. The second kappa shape index (κ2) is 3.96. The van der Waals surface area contributed by atoms with Crippen LogP contribution in [0.3, 0.4) is 0 Å². The molecule has 1 N–H and O–H groups in total. The van der Waals surface area contributed by atoms with Crippen LogP contribution in [0.4, 0.5) is 0 Å². The van der Waals surface area contributed by atoms with Gasteiger partial charge in [0.05, 0.1) is 12.2 Å². The molecule has 1 rings (SSSR count). The summed E-state index contributed by atoms with van der Waals surface area (Å²) in [5.41, 5.74) is -0.323. The number of aliphatic hydroxyl groups excluding tert-OH is 1. The molecular formula is C8H16O3S. The lowest BCUT2D eigenvalue weighted by molar-refractivity contribution is -0.170. The quantitative estimate of drug-likeness (QED) is 0.600. The standard InChI is InChI=1S/C8H16O3S/c1-4-5(2)11-8(12)7(10-3)6(4)9/h4-9,12H,1-3H3. The molecule has 5 unspecified atom stereocenters. The van der Waals surface area contributed by atoms with Crippen LogP contribution in [0.15, 0.2) is 0 Å². The first kappa shape index (κ1) is 10.3. The molecule has 0 radical (unpaired) electrons. The molecule has 0 spiro atoms. The van der Waals surface area contributed by atoms with Gasteiger partial charge < -0.3 is 14.6 Å². The van der Waals surface area contributed by atoms with Crippen LogP contribution in [0.1, 0.15) is 13.8 Å². The number of aliphatic hydroxyl groups is 1. The molecule has 4 heteroatoms. The Balaban J connectivity index is 2.65. The zero-order valence-electron chi connectivity index (χ0n) is 7.60. The Morgan fingerprint density at radius 2 is 2.00 bits per heavy atom. The minimum atomic E-state index is -0.485. The molecule has 0 aliphatic carbocycles. The molecule has 1 aliphatic rings. The molecular weight excluding hydrogens is 176 g/mol. The highest BCUT2D eigenvalue weighted by atomic mass is 32.1. The fourth-order valence-corrected chi connectivity index (χ4v) is 1.91. The third-order valence-corrected chi connectivity index (χ3v) is 2.94. The molecule has 1 aliphatic heterocycles. The van der Waals surface area contributed by atoms with Crippen molar-refractivity contribution in [1.29, 1.82) is 0 Å². The van der Waals surface area contributed by atoms with E-state index >= 15 is 0 Å². The van der Waals surface area contributed by atoms with E-state index in [9.17, 15) is 5.11 Å². The Hall–Kier alpha value is 0.230. The largest absolute Gasteiger partial charge is 0.390 e. The molecule has 1 heterocycles. The summed E-state index contributed by atoms with van der Waals surface area (Å²) in [5.74, 6) is 0.0957. The summed E-state index contributed by atoms with van der Waals surface area (Å²) in [6.07, 6.45) is -0.769. The Morgan fingerprint density at radius 1 is 1.42 bits per heavy atom. The van der Waals surface area contributed by atoms with Crippen LogP contribution in [-0.2, 0) is 9.47 Å². The van der Waals surface area contributed by atoms with Gasteiger partial charge in [0.1, 0.15) is 11.5 Å². The van der Waals surface area contributed by atoms with E-state index in [-0.39, 0.29) is 23.6 Å². The summed E-state index contributed by atoms with van der Waals surface area (Å²) in [5, 5.41) is 9.72. The number of hydrogen-bond donors (Lipinski definition) is 2. The van der Waals surface area contributed by atoms with Crippen LogP contribution in [-0.4, -0.2) is 36.0 Å². The molecule has 1 fully saturated rings. The fourth-order valence-electron chi connectivity index (χ4n) is 1.42. The predicted octanol–water partition coefficient (Wildman–Crippen LogP) is 0.673. The van der Waals surface area contributed by atoms with Crippen molar-refractivity contribution in [2.24, 2.45) is 5.92 Å². The highest BCUT2D eigenvalue weighted by Gasteiger charge is 2.39. The van der Waals surface area contributed by atoms with Crippen LogP contribution < -0.4 is 0 Å². The molecule has 72 valence electrons. The normalized spacial score (nSPS) is 49.2. The third-order valence-electron chi connectivity index (χ3n) is 2.52. The van der Waals surface area contributed by atoms with E-state index in [1.54, 1.807) is 7.11 Å². The van der Waals surface area contributed by atoms with Gasteiger partial charge in [-0.2, -0.15) is 0 Å². The van der Waals surface area contributed by atoms with Crippen LogP contribution in [0.5, 0.6) is 0 Å². The summed E-state index contributed by atoms with van der Waals surface area (Å²) in [7, 11) is 1.56. The minimum absolute atomic E-state index is 0.0360. The van der Waals surface area contributed by atoms with Crippen molar-refractivity contribution in [1.82, 2.24) is 0 Å². The van der Waals surface area contributed by atoms with Gasteiger partial charge in [-0.1, -0.05) is 6.92 Å². The number of ether oxygens (including phenoxy) is 2. The average Bonchev–Trinajstić information content (AvgIpc) is 2.01. The van der Waals surface area contributed by atoms with Crippen LogP contribution in [0.2, 0.25) is 0 Å².